The fourth-order valence-electron chi connectivity index (χ4n) is 0.897. The zero-order valence-corrected chi connectivity index (χ0v) is 7.69. The number of nitrogens with zero attached hydrogens (tertiary/aromatic N) is 1. The molecular weight excluding hydrogens is 179 g/mol. The Bertz CT molecular complexity index is 278. The quantitative estimate of drug-likeness (QED) is 0.720. The van der Waals surface area contributed by atoms with Crippen LogP contribution in [0.1, 0.15) is 18.5 Å². The summed E-state index contributed by atoms with van der Waals surface area (Å²) in [6.07, 6.45) is 1.11. The molecule has 2 nitrogen and oxygen atoms in total. The molecular formula is C8H10ClFN2. The van der Waals surface area contributed by atoms with Crippen LogP contribution >= 0.6 is 11.6 Å². The number of rotatable bonds is 2. The van der Waals surface area contributed by atoms with Crippen LogP contribution in [0, 0.1) is 5.82 Å². The molecule has 0 aliphatic heterocycles. The van der Waals surface area contributed by atoms with E-state index in [2.05, 4.69) is 10.3 Å². The molecule has 1 aromatic rings. The summed E-state index contributed by atoms with van der Waals surface area (Å²) in [4.78, 5) is 3.70. The molecule has 1 atom stereocenters. The van der Waals surface area contributed by atoms with Crippen LogP contribution in [0.5, 0.6) is 0 Å². The summed E-state index contributed by atoms with van der Waals surface area (Å²) >= 11 is 5.75. The first-order valence-electron chi connectivity index (χ1n) is 3.63. The third-order valence-electron chi connectivity index (χ3n) is 1.73. The van der Waals surface area contributed by atoms with Crippen molar-refractivity contribution in [3.63, 3.8) is 0 Å². The summed E-state index contributed by atoms with van der Waals surface area (Å²) in [6.45, 7) is 1.89. The summed E-state index contributed by atoms with van der Waals surface area (Å²) in [7, 11) is 1.78. The van der Waals surface area contributed by atoms with Crippen molar-refractivity contribution in [1.82, 2.24) is 10.3 Å². The Morgan fingerprint density at radius 3 is 2.92 bits per heavy atom. The van der Waals surface area contributed by atoms with E-state index in [0.29, 0.717) is 10.7 Å². The second kappa shape index (κ2) is 3.83. The topological polar surface area (TPSA) is 24.9 Å². The van der Waals surface area contributed by atoms with E-state index in [1.807, 2.05) is 6.92 Å². The molecule has 0 amide bonds. The Labute approximate surface area is 75.8 Å². The zero-order valence-electron chi connectivity index (χ0n) is 6.94. The van der Waals surface area contributed by atoms with Gasteiger partial charge in [-0.2, -0.15) is 0 Å². The lowest BCUT2D eigenvalue weighted by molar-refractivity contribution is 0.601. The van der Waals surface area contributed by atoms with Crippen LogP contribution in [0.3, 0.4) is 0 Å². The van der Waals surface area contributed by atoms with Crippen LogP contribution in [0.15, 0.2) is 12.3 Å². The highest BCUT2D eigenvalue weighted by atomic mass is 35.5. The van der Waals surface area contributed by atoms with Crippen molar-refractivity contribution in [3.8, 4) is 0 Å². The Hall–Kier alpha value is -0.670. The smallest absolute Gasteiger partial charge is 0.141 e. The Balaban J connectivity index is 3.04. The van der Waals surface area contributed by atoms with Crippen molar-refractivity contribution in [1.29, 1.82) is 0 Å². The van der Waals surface area contributed by atoms with Gasteiger partial charge in [-0.25, -0.2) is 9.37 Å². The second-order valence-electron chi connectivity index (χ2n) is 2.54. The lowest BCUT2D eigenvalue weighted by Gasteiger charge is -2.11. The molecule has 1 heterocycles. The van der Waals surface area contributed by atoms with Crippen LogP contribution in [0.2, 0.25) is 5.15 Å². The lowest BCUT2D eigenvalue weighted by Crippen LogP contribution is -2.13. The number of nitrogens with one attached hydrogen (secondary N) is 1. The van der Waals surface area contributed by atoms with Crippen molar-refractivity contribution in [3.05, 3.63) is 28.8 Å². The normalized spacial score (nSPS) is 13.0. The van der Waals surface area contributed by atoms with Gasteiger partial charge >= 0.3 is 0 Å². The minimum Gasteiger partial charge on any atom is -0.313 e. The minimum atomic E-state index is -0.364. The van der Waals surface area contributed by atoms with Gasteiger partial charge in [-0.15, -0.1) is 0 Å². The van der Waals surface area contributed by atoms with E-state index < -0.39 is 0 Å². The van der Waals surface area contributed by atoms with E-state index in [9.17, 15) is 4.39 Å². The van der Waals surface area contributed by atoms with E-state index in [1.54, 1.807) is 7.05 Å². The molecule has 0 saturated heterocycles. The van der Waals surface area contributed by atoms with E-state index in [1.165, 1.54) is 6.07 Å². The van der Waals surface area contributed by atoms with E-state index in [4.69, 9.17) is 11.6 Å². The number of aromatic nitrogens is 1. The van der Waals surface area contributed by atoms with Crippen LogP contribution < -0.4 is 5.32 Å². The van der Waals surface area contributed by atoms with Gasteiger partial charge in [-0.1, -0.05) is 11.6 Å². The van der Waals surface area contributed by atoms with Crippen molar-refractivity contribution >= 4 is 11.6 Å². The van der Waals surface area contributed by atoms with Crippen molar-refractivity contribution in [2.24, 2.45) is 0 Å². The third kappa shape index (κ3) is 1.93. The summed E-state index contributed by atoms with van der Waals surface area (Å²) < 4.78 is 12.7. The second-order valence-corrected chi connectivity index (χ2v) is 2.90. The molecule has 4 heteroatoms. The van der Waals surface area contributed by atoms with Gasteiger partial charge in [0, 0.05) is 11.6 Å². The van der Waals surface area contributed by atoms with Gasteiger partial charge in [0.25, 0.3) is 0 Å². The zero-order chi connectivity index (χ0) is 9.14. The molecule has 0 aliphatic rings. The molecule has 0 bridgehead atoms. The number of hydrogen-bond donors (Lipinski definition) is 1. The van der Waals surface area contributed by atoms with Crippen molar-refractivity contribution in [2.75, 3.05) is 7.05 Å². The van der Waals surface area contributed by atoms with Crippen molar-refractivity contribution < 1.29 is 4.39 Å². The predicted molar refractivity (Wildman–Crippen MR) is 46.7 cm³/mol. The third-order valence-corrected chi connectivity index (χ3v) is 2.05. The first-order chi connectivity index (χ1) is 5.65. The van der Waals surface area contributed by atoms with Gasteiger partial charge in [0.1, 0.15) is 11.0 Å². The SMILES string of the molecule is CN[C@H](C)c1cc(F)cnc1Cl. The fourth-order valence-corrected chi connectivity index (χ4v) is 1.16. The standard InChI is InChI=1S/C8H10ClFN2/c1-5(11-2)7-3-6(10)4-12-8(7)9/h3-5,11H,1-2H3/t5-/m1/s1. The van der Waals surface area contributed by atoms with E-state index >= 15 is 0 Å². The van der Waals surface area contributed by atoms with E-state index in [0.717, 1.165) is 6.20 Å². The van der Waals surface area contributed by atoms with E-state index in [-0.39, 0.29) is 11.9 Å². The van der Waals surface area contributed by atoms with Gasteiger partial charge in [0.2, 0.25) is 0 Å². The van der Waals surface area contributed by atoms with Crippen molar-refractivity contribution in [2.45, 2.75) is 13.0 Å². The van der Waals surface area contributed by atoms with Gasteiger partial charge in [0.05, 0.1) is 6.20 Å². The lowest BCUT2D eigenvalue weighted by atomic mass is 10.1. The summed E-state index contributed by atoms with van der Waals surface area (Å²) in [5.74, 6) is -0.364. The molecule has 0 saturated carbocycles. The maximum Gasteiger partial charge on any atom is 0.141 e. The Morgan fingerprint density at radius 2 is 2.33 bits per heavy atom. The van der Waals surface area contributed by atoms with Crippen LogP contribution in [-0.4, -0.2) is 12.0 Å². The molecule has 1 aromatic heterocycles. The fraction of sp³-hybridized carbons (Fsp3) is 0.375. The maximum atomic E-state index is 12.7. The largest absolute Gasteiger partial charge is 0.313 e. The molecule has 0 unspecified atom stereocenters. The first kappa shape index (κ1) is 9.42. The maximum absolute atomic E-state index is 12.7. The number of halogens is 2. The van der Waals surface area contributed by atoms with Crippen LogP contribution in [0.4, 0.5) is 4.39 Å². The summed E-state index contributed by atoms with van der Waals surface area (Å²) in [6, 6.07) is 1.40. The molecule has 0 fully saturated rings. The number of pyridine rings is 1. The first-order valence-corrected chi connectivity index (χ1v) is 4.01. The Morgan fingerprint density at radius 1 is 1.67 bits per heavy atom. The molecule has 0 radical (unpaired) electrons. The summed E-state index contributed by atoms with van der Waals surface area (Å²) in [5.41, 5.74) is 0.680. The molecule has 12 heavy (non-hydrogen) atoms. The number of hydrogen-bond acceptors (Lipinski definition) is 2. The molecule has 1 N–H and O–H groups in total. The highest BCUT2D eigenvalue weighted by molar-refractivity contribution is 6.30. The molecule has 66 valence electrons. The highest BCUT2D eigenvalue weighted by Crippen LogP contribution is 2.20. The molecule has 1 rings (SSSR count). The van der Waals surface area contributed by atoms with Gasteiger partial charge in [-0.05, 0) is 20.0 Å². The minimum absolute atomic E-state index is 0.0145. The highest BCUT2D eigenvalue weighted by Gasteiger charge is 2.09. The molecule has 0 aromatic carbocycles. The molecule has 0 spiro atoms. The monoisotopic (exact) mass is 188 g/mol. The van der Waals surface area contributed by atoms with Gasteiger partial charge < -0.3 is 5.32 Å². The van der Waals surface area contributed by atoms with Gasteiger partial charge in [-0.3, -0.25) is 0 Å². The Kier molecular flexibility index (Phi) is 3.00. The average molecular weight is 189 g/mol. The van der Waals surface area contributed by atoms with Crippen LogP contribution in [0.25, 0.3) is 0 Å². The molecule has 0 aliphatic carbocycles. The van der Waals surface area contributed by atoms with Gasteiger partial charge in [0.15, 0.2) is 0 Å². The predicted octanol–water partition coefficient (Wildman–Crippen LogP) is 2.15. The average Bonchev–Trinajstić information content (AvgIpc) is 2.08. The summed E-state index contributed by atoms with van der Waals surface area (Å²) in [5, 5.41) is 3.30. The van der Waals surface area contributed by atoms with Crippen LogP contribution in [-0.2, 0) is 0 Å².